The van der Waals surface area contributed by atoms with Crippen LogP contribution < -0.4 is 5.32 Å². The largest absolute Gasteiger partial charge is 0.307 e. The molecule has 1 saturated heterocycles. The minimum Gasteiger partial charge on any atom is -0.307 e. The molecule has 0 aliphatic carbocycles. The summed E-state index contributed by atoms with van der Waals surface area (Å²) in [7, 11) is 2.18. The fourth-order valence-corrected chi connectivity index (χ4v) is 3.09. The van der Waals surface area contributed by atoms with E-state index in [0.29, 0.717) is 6.04 Å². The van der Waals surface area contributed by atoms with E-state index in [1.807, 2.05) is 11.3 Å². The van der Waals surface area contributed by atoms with Gasteiger partial charge in [-0.3, -0.25) is 0 Å². The summed E-state index contributed by atoms with van der Waals surface area (Å²) in [5.41, 5.74) is 0. The maximum atomic E-state index is 3.53. The molecular formula is C9H13BrN2S. The molecular weight excluding hydrogens is 248 g/mol. The Balaban J connectivity index is 2.08. The maximum absolute atomic E-state index is 3.53. The highest BCUT2D eigenvalue weighted by molar-refractivity contribution is 9.11. The lowest BCUT2D eigenvalue weighted by Gasteiger charge is -2.30. The number of rotatable bonds is 1. The van der Waals surface area contributed by atoms with Crippen molar-refractivity contribution in [2.24, 2.45) is 0 Å². The standard InChI is InChI=1S/C9H13BrN2S/c1-12-5-4-11-7(6-12)8-2-3-9(10)13-8/h2-3,7,11H,4-6H2,1H3. The highest BCUT2D eigenvalue weighted by Gasteiger charge is 2.18. The molecule has 2 heterocycles. The summed E-state index contributed by atoms with van der Waals surface area (Å²) < 4.78 is 1.22. The zero-order chi connectivity index (χ0) is 9.26. The quantitative estimate of drug-likeness (QED) is 0.832. The Morgan fingerprint density at radius 2 is 2.46 bits per heavy atom. The Morgan fingerprint density at radius 3 is 3.08 bits per heavy atom. The van der Waals surface area contributed by atoms with Gasteiger partial charge in [0.15, 0.2) is 0 Å². The van der Waals surface area contributed by atoms with Crippen LogP contribution in [0, 0.1) is 0 Å². The molecule has 1 aromatic heterocycles. The van der Waals surface area contributed by atoms with Gasteiger partial charge in [-0.05, 0) is 35.1 Å². The molecule has 1 fully saturated rings. The van der Waals surface area contributed by atoms with Crippen LogP contribution in [0.25, 0.3) is 0 Å². The molecule has 0 bridgehead atoms. The fourth-order valence-electron chi connectivity index (χ4n) is 1.60. The molecule has 72 valence electrons. The summed E-state index contributed by atoms with van der Waals surface area (Å²) >= 11 is 5.31. The van der Waals surface area contributed by atoms with Crippen LogP contribution in [0.2, 0.25) is 0 Å². The highest BCUT2D eigenvalue weighted by atomic mass is 79.9. The molecule has 1 aliphatic heterocycles. The zero-order valence-corrected chi connectivity index (χ0v) is 9.99. The number of thiophene rings is 1. The Labute approximate surface area is 91.1 Å². The van der Waals surface area contributed by atoms with Crippen molar-refractivity contribution >= 4 is 27.3 Å². The Morgan fingerprint density at radius 1 is 1.62 bits per heavy atom. The molecule has 4 heteroatoms. The average molecular weight is 261 g/mol. The summed E-state index contributed by atoms with van der Waals surface area (Å²) in [5, 5.41) is 3.53. The Hall–Kier alpha value is 0.1000. The first-order valence-electron chi connectivity index (χ1n) is 4.43. The maximum Gasteiger partial charge on any atom is 0.0702 e. The van der Waals surface area contributed by atoms with E-state index in [1.165, 1.54) is 8.66 Å². The third-order valence-corrected chi connectivity index (χ3v) is 4.05. The van der Waals surface area contributed by atoms with Crippen molar-refractivity contribution in [1.82, 2.24) is 10.2 Å². The number of likely N-dealkylation sites (N-methyl/N-ethyl adjacent to an activating group) is 1. The van der Waals surface area contributed by atoms with E-state index in [0.717, 1.165) is 19.6 Å². The number of hydrogen-bond donors (Lipinski definition) is 1. The van der Waals surface area contributed by atoms with Gasteiger partial charge in [0.25, 0.3) is 0 Å². The first kappa shape index (κ1) is 9.65. The van der Waals surface area contributed by atoms with E-state index < -0.39 is 0 Å². The van der Waals surface area contributed by atoms with Crippen LogP contribution in [0.15, 0.2) is 15.9 Å². The number of hydrogen-bond acceptors (Lipinski definition) is 3. The van der Waals surface area contributed by atoms with E-state index in [9.17, 15) is 0 Å². The third-order valence-electron chi connectivity index (χ3n) is 2.32. The van der Waals surface area contributed by atoms with E-state index in [4.69, 9.17) is 0 Å². The van der Waals surface area contributed by atoms with E-state index >= 15 is 0 Å². The van der Waals surface area contributed by atoms with Crippen molar-refractivity contribution < 1.29 is 0 Å². The molecule has 2 rings (SSSR count). The second-order valence-electron chi connectivity index (χ2n) is 3.41. The van der Waals surface area contributed by atoms with Gasteiger partial charge in [0.05, 0.1) is 9.83 Å². The highest BCUT2D eigenvalue weighted by Crippen LogP contribution is 2.28. The number of nitrogens with one attached hydrogen (secondary N) is 1. The lowest BCUT2D eigenvalue weighted by Crippen LogP contribution is -2.43. The normalized spacial score (nSPS) is 24.9. The fraction of sp³-hybridized carbons (Fsp3) is 0.556. The predicted molar refractivity (Wildman–Crippen MR) is 60.3 cm³/mol. The van der Waals surface area contributed by atoms with Crippen LogP contribution >= 0.6 is 27.3 Å². The molecule has 1 atom stereocenters. The van der Waals surface area contributed by atoms with E-state index in [2.05, 4.69) is 45.3 Å². The smallest absolute Gasteiger partial charge is 0.0702 e. The van der Waals surface area contributed by atoms with Gasteiger partial charge < -0.3 is 10.2 Å². The number of piperazine rings is 1. The van der Waals surface area contributed by atoms with Crippen LogP contribution in [-0.4, -0.2) is 31.6 Å². The SMILES string of the molecule is CN1CCNC(c2ccc(Br)s2)C1. The topological polar surface area (TPSA) is 15.3 Å². The first-order chi connectivity index (χ1) is 6.25. The molecule has 2 nitrogen and oxygen atoms in total. The van der Waals surface area contributed by atoms with E-state index in [1.54, 1.807) is 0 Å². The predicted octanol–water partition coefficient (Wildman–Crippen LogP) is 2.09. The monoisotopic (exact) mass is 260 g/mol. The lowest BCUT2D eigenvalue weighted by molar-refractivity contribution is 0.243. The molecule has 1 aromatic rings. The number of nitrogens with zero attached hydrogens (tertiary/aromatic N) is 1. The Bertz CT molecular complexity index is 287. The summed E-state index contributed by atoms with van der Waals surface area (Å²) in [6.07, 6.45) is 0. The van der Waals surface area contributed by atoms with Gasteiger partial charge in [-0.25, -0.2) is 0 Å². The second-order valence-corrected chi connectivity index (χ2v) is 5.91. The molecule has 0 saturated carbocycles. The molecule has 0 spiro atoms. The molecule has 0 amide bonds. The van der Waals surface area contributed by atoms with Crippen molar-refractivity contribution in [3.63, 3.8) is 0 Å². The lowest BCUT2D eigenvalue weighted by atomic mass is 10.2. The number of halogens is 1. The van der Waals surface area contributed by atoms with Crippen molar-refractivity contribution in [2.75, 3.05) is 26.7 Å². The summed E-state index contributed by atoms with van der Waals surface area (Å²) in [6, 6.07) is 4.84. The Kier molecular flexibility index (Phi) is 3.03. The van der Waals surface area contributed by atoms with Crippen molar-refractivity contribution in [1.29, 1.82) is 0 Å². The van der Waals surface area contributed by atoms with Crippen LogP contribution in [-0.2, 0) is 0 Å². The summed E-state index contributed by atoms with van der Waals surface area (Å²) in [6.45, 7) is 3.37. The third kappa shape index (κ3) is 2.31. The van der Waals surface area contributed by atoms with Gasteiger partial charge in [0.1, 0.15) is 0 Å². The van der Waals surface area contributed by atoms with Crippen molar-refractivity contribution in [2.45, 2.75) is 6.04 Å². The molecule has 0 radical (unpaired) electrons. The molecule has 13 heavy (non-hydrogen) atoms. The first-order valence-corrected chi connectivity index (χ1v) is 6.04. The molecule has 1 N–H and O–H groups in total. The van der Waals surface area contributed by atoms with Crippen LogP contribution in [0.4, 0.5) is 0 Å². The van der Waals surface area contributed by atoms with Gasteiger partial charge in [-0.2, -0.15) is 0 Å². The van der Waals surface area contributed by atoms with Gasteiger partial charge in [-0.15, -0.1) is 11.3 Å². The summed E-state index contributed by atoms with van der Waals surface area (Å²) in [4.78, 5) is 3.80. The molecule has 0 aromatic carbocycles. The zero-order valence-electron chi connectivity index (χ0n) is 7.59. The summed E-state index contributed by atoms with van der Waals surface area (Å²) in [5.74, 6) is 0. The minimum absolute atomic E-state index is 0.523. The van der Waals surface area contributed by atoms with Crippen molar-refractivity contribution in [3.8, 4) is 0 Å². The average Bonchev–Trinajstić information content (AvgIpc) is 2.52. The minimum atomic E-state index is 0.523. The van der Waals surface area contributed by atoms with Gasteiger partial charge >= 0.3 is 0 Å². The van der Waals surface area contributed by atoms with E-state index in [-0.39, 0.29) is 0 Å². The van der Waals surface area contributed by atoms with Gasteiger partial charge in [0, 0.05) is 24.5 Å². The van der Waals surface area contributed by atoms with Crippen LogP contribution in [0.3, 0.4) is 0 Å². The van der Waals surface area contributed by atoms with Gasteiger partial charge in [-0.1, -0.05) is 0 Å². The van der Waals surface area contributed by atoms with Crippen molar-refractivity contribution in [3.05, 3.63) is 20.8 Å². The van der Waals surface area contributed by atoms with Crippen LogP contribution in [0.5, 0.6) is 0 Å². The van der Waals surface area contributed by atoms with Gasteiger partial charge in [0.2, 0.25) is 0 Å². The molecule has 1 unspecified atom stereocenters. The second kappa shape index (κ2) is 4.09. The van der Waals surface area contributed by atoms with Crippen LogP contribution in [0.1, 0.15) is 10.9 Å². The molecule has 1 aliphatic rings.